The van der Waals surface area contributed by atoms with Crippen LogP contribution in [0.1, 0.15) is 40.7 Å². The second-order valence-corrected chi connectivity index (χ2v) is 8.44. The molecule has 6 nitrogen and oxygen atoms in total. The lowest BCUT2D eigenvalue weighted by Gasteiger charge is -2.21. The quantitative estimate of drug-likeness (QED) is 0.381. The van der Waals surface area contributed by atoms with Crippen LogP contribution in [0, 0.1) is 0 Å². The molecule has 0 heterocycles. The summed E-state index contributed by atoms with van der Waals surface area (Å²) >= 11 is 5.01. The normalized spacial score (nSPS) is 14.1. The summed E-state index contributed by atoms with van der Waals surface area (Å²) in [6, 6.07) is 23.1. The molecule has 2 unspecified atom stereocenters. The van der Waals surface area contributed by atoms with Crippen molar-refractivity contribution in [3.05, 3.63) is 95.1 Å². The van der Waals surface area contributed by atoms with Crippen molar-refractivity contribution in [2.45, 2.75) is 24.5 Å². The fraction of sp³-hybridized carbons (Fsp3) is 0.231. The number of amides is 1. The van der Waals surface area contributed by atoms with Gasteiger partial charge in [0.25, 0.3) is 0 Å². The monoisotopic (exact) mass is 462 g/mol. The number of thiocarbonyl (C=S) groups is 1. The number of hydrogen-bond acceptors (Lipinski definition) is 5. The van der Waals surface area contributed by atoms with E-state index in [9.17, 15) is 15.0 Å². The molecule has 33 heavy (non-hydrogen) atoms. The van der Waals surface area contributed by atoms with Gasteiger partial charge in [0.1, 0.15) is 17.7 Å². The molecule has 1 aliphatic carbocycles. The van der Waals surface area contributed by atoms with Gasteiger partial charge in [0.05, 0.1) is 6.10 Å². The van der Waals surface area contributed by atoms with Crippen molar-refractivity contribution in [2.75, 3.05) is 13.2 Å². The van der Waals surface area contributed by atoms with Gasteiger partial charge in [-0.3, -0.25) is 0 Å². The molecule has 5 N–H and O–H groups in total. The smallest absolute Gasteiger partial charge is 0.407 e. The maximum absolute atomic E-state index is 12.3. The van der Waals surface area contributed by atoms with Crippen molar-refractivity contribution in [3.8, 4) is 11.1 Å². The zero-order valence-electron chi connectivity index (χ0n) is 18.0. The molecule has 3 aromatic carbocycles. The Hall–Kier alpha value is -3.26. The highest BCUT2D eigenvalue weighted by molar-refractivity contribution is 7.80. The molecule has 0 saturated carbocycles. The molecule has 0 radical (unpaired) electrons. The summed E-state index contributed by atoms with van der Waals surface area (Å²) in [6.07, 6.45) is -2.71. The first-order valence-corrected chi connectivity index (χ1v) is 11.2. The Morgan fingerprint density at radius 1 is 0.970 bits per heavy atom. The number of carbonyl (C=O) groups is 1. The topological polar surface area (TPSA) is 105 Å². The van der Waals surface area contributed by atoms with E-state index < -0.39 is 18.3 Å². The molecular formula is C26H26N2O4S. The minimum Gasteiger partial charge on any atom is -0.449 e. The van der Waals surface area contributed by atoms with E-state index in [0.29, 0.717) is 11.1 Å². The summed E-state index contributed by atoms with van der Waals surface area (Å²) in [7, 11) is 0. The number of aliphatic hydroxyl groups excluding tert-OH is 2. The van der Waals surface area contributed by atoms with Crippen LogP contribution < -0.4 is 11.1 Å². The van der Waals surface area contributed by atoms with Crippen LogP contribution in [0.4, 0.5) is 4.79 Å². The zero-order valence-corrected chi connectivity index (χ0v) is 18.8. The number of nitrogens with one attached hydrogen (secondary N) is 1. The first-order chi connectivity index (χ1) is 16.0. The van der Waals surface area contributed by atoms with Gasteiger partial charge < -0.3 is 26.0 Å². The van der Waals surface area contributed by atoms with Crippen LogP contribution in [0.3, 0.4) is 0 Å². The number of ether oxygens (including phenoxy) is 1. The number of rotatable bonds is 8. The molecule has 0 aromatic heterocycles. The second kappa shape index (κ2) is 10.1. The van der Waals surface area contributed by atoms with Gasteiger partial charge >= 0.3 is 6.09 Å². The number of benzene rings is 3. The Bertz CT molecular complexity index is 1120. The predicted octanol–water partition coefficient (Wildman–Crippen LogP) is 3.64. The number of fused-ring (bicyclic) bond motifs is 3. The fourth-order valence-electron chi connectivity index (χ4n) is 4.32. The maximum atomic E-state index is 12.3. The van der Waals surface area contributed by atoms with Crippen molar-refractivity contribution < 1.29 is 19.7 Å². The minimum atomic E-state index is -1.17. The van der Waals surface area contributed by atoms with Crippen LogP contribution in [0.2, 0.25) is 0 Å². The molecule has 0 aliphatic heterocycles. The summed E-state index contributed by atoms with van der Waals surface area (Å²) in [5, 5.41) is 23.5. The van der Waals surface area contributed by atoms with Crippen LogP contribution >= 0.6 is 12.2 Å². The van der Waals surface area contributed by atoms with Crippen LogP contribution in [0.25, 0.3) is 11.1 Å². The molecule has 3 aromatic rings. The van der Waals surface area contributed by atoms with Crippen LogP contribution in [0.15, 0.2) is 72.8 Å². The number of hydrogen-bond donors (Lipinski definition) is 4. The van der Waals surface area contributed by atoms with E-state index in [1.807, 2.05) is 24.3 Å². The highest BCUT2D eigenvalue weighted by Crippen LogP contribution is 2.44. The Balaban J connectivity index is 1.30. The summed E-state index contributed by atoms with van der Waals surface area (Å²) in [5.74, 6) is -0.0211. The van der Waals surface area contributed by atoms with E-state index >= 15 is 0 Å². The third-order valence-corrected chi connectivity index (χ3v) is 6.18. The molecule has 0 fully saturated rings. The van der Waals surface area contributed by atoms with Crippen molar-refractivity contribution in [1.82, 2.24) is 5.32 Å². The van der Waals surface area contributed by atoms with Crippen molar-refractivity contribution in [2.24, 2.45) is 5.73 Å². The van der Waals surface area contributed by atoms with Gasteiger partial charge in [-0.25, -0.2) is 4.79 Å². The average molecular weight is 463 g/mol. The first-order valence-electron chi connectivity index (χ1n) is 10.8. The third kappa shape index (κ3) is 4.90. The maximum Gasteiger partial charge on any atom is 0.407 e. The predicted molar refractivity (Wildman–Crippen MR) is 131 cm³/mol. The van der Waals surface area contributed by atoms with Gasteiger partial charge in [-0.05, 0) is 34.2 Å². The van der Waals surface area contributed by atoms with Crippen molar-refractivity contribution in [3.63, 3.8) is 0 Å². The second-order valence-electron chi connectivity index (χ2n) is 8.00. The SMILES string of the molecule is NC(=S)c1ccccc1C(O)C(O)CCNC(=O)OCC1c2ccccc2-c2ccccc21. The first kappa shape index (κ1) is 22.9. The minimum absolute atomic E-state index is 0.0211. The molecule has 0 bridgehead atoms. The Labute approximate surface area is 198 Å². The van der Waals surface area contributed by atoms with Crippen molar-refractivity contribution in [1.29, 1.82) is 0 Å². The number of alkyl carbamates (subject to hydrolysis) is 1. The zero-order chi connectivity index (χ0) is 23.4. The molecule has 1 aliphatic rings. The van der Waals surface area contributed by atoms with Gasteiger partial charge in [-0.15, -0.1) is 0 Å². The molecule has 2 atom stereocenters. The number of aliphatic hydroxyl groups is 2. The van der Waals surface area contributed by atoms with Gasteiger partial charge in [-0.2, -0.15) is 0 Å². The highest BCUT2D eigenvalue weighted by atomic mass is 32.1. The van der Waals surface area contributed by atoms with Gasteiger partial charge in [-0.1, -0.05) is 85.0 Å². The number of nitrogens with two attached hydrogens (primary N) is 1. The van der Waals surface area contributed by atoms with Crippen LogP contribution in [-0.2, 0) is 4.74 Å². The Morgan fingerprint density at radius 2 is 1.55 bits per heavy atom. The van der Waals surface area contributed by atoms with E-state index in [2.05, 4.69) is 29.6 Å². The molecule has 7 heteroatoms. The summed E-state index contributed by atoms with van der Waals surface area (Å²) in [4.78, 5) is 12.4. The van der Waals surface area contributed by atoms with Crippen LogP contribution in [-0.4, -0.2) is 40.6 Å². The summed E-state index contributed by atoms with van der Waals surface area (Å²) in [5.41, 5.74) is 11.3. The van der Waals surface area contributed by atoms with E-state index in [-0.39, 0.29) is 30.5 Å². The average Bonchev–Trinajstić information content (AvgIpc) is 3.16. The van der Waals surface area contributed by atoms with Crippen molar-refractivity contribution >= 4 is 23.3 Å². The standard InChI is InChI=1S/C26H26N2O4S/c27-25(33)21-12-6-5-11-20(21)24(30)23(29)13-14-28-26(31)32-15-22-18-9-3-1-7-16(18)17-8-2-4-10-19(17)22/h1-12,22-24,29-30H,13-15H2,(H2,27,33)(H,28,31). The van der Waals surface area contributed by atoms with Gasteiger partial charge in [0.15, 0.2) is 0 Å². The molecular weight excluding hydrogens is 436 g/mol. The Morgan fingerprint density at radius 3 is 2.18 bits per heavy atom. The van der Waals surface area contributed by atoms with E-state index in [4.69, 9.17) is 22.7 Å². The lowest BCUT2D eigenvalue weighted by Crippen LogP contribution is -2.31. The molecule has 1 amide bonds. The van der Waals surface area contributed by atoms with Crippen LogP contribution in [0.5, 0.6) is 0 Å². The Kier molecular flexibility index (Phi) is 7.03. The molecule has 0 saturated heterocycles. The summed E-state index contributed by atoms with van der Waals surface area (Å²) < 4.78 is 5.49. The van der Waals surface area contributed by atoms with Gasteiger partial charge in [0.2, 0.25) is 0 Å². The van der Waals surface area contributed by atoms with Gasteiger partial charge in [0, 0.05) is 18.0 Å². The molecule has 170 valence electrons. The van der Waals surface area contributed by atoms with E-state index in [1.54, 1.807) is 24.3 Å². The summed E-state index contributed by atoms with van der Waals surface area (Å²) in [6.45, 7) is 0.358. The molecule has 0 spiro atoms. The number of carbonyl (C=O) groups excluding carboxylic acids is 1. The van der Waals surface area contributed by atoms with E-state index in [1.165, 1.54) is 0 Å². The lowest BCUT2D eigenvalue weighted by molar-refractivity contribution is 0.0136. The highest BCUT2D eigenvalue weighted by Gasteiger charge is 2.29. The van der Waals surface area contributed by atoms with E-state index in [0.717, 1.165) is 22.3 Å². The molecule has 4 rings (SSSR count). The fourth-order valence-corrected chi connectivity index (χ4v) is 4.50. The largest absolute Gasteiger partial charge is 0.449 e. The third-order valence-electron chi connectivity index (χ3n) is 5.96. The lowest BCUT2D eigenvalue weighted by atomic mass is 9.97.